The van der Waals surface area contributed by atoms with E-state index in [0.717, 1.165) is 35.4 Å². The lowest BCUT2D eigenvalue weighted by atomic mass is 9.80. The topological polar surface area (TPSA) is 46.2 Å². The first kappa shape index (κ1) is 21.7. The number of benzene rings is 3. The lowest BCUT2D eigenvalue weighted by Crippen LogP contribution is -2.39. The van der Waals surface area contributed by atoms with Gasteiger partial charge >= 0.3 is 0 Å². The molecule has 31 heavy (non-hydrogen) atoms. The maximum absolute atomic E-state index is 14.7. The van der Waals surface area contributed by atoms with Crippen LogP contribution in [-0.2, 0) is 9.36 Å². The molecule has 160 valence electrons. The third-order valence-corrected chi connectivity index (χ3v) is 9.09. The molecule has 0 unspecified atom stereocenters. The first-order valence-corrected chi connectivity index (χ1v) is 12.9. The SMILES string of the molecule is C[C@@H]1CCCCC(=O)[C@H]1[C@@H](NP(=O)(c1ccccc1)c1ccccc1)c1ccccc1. The van der Waals surface area contributed by atoms with Crippen LogP contribution in [-0.4, -0.2) is 5.78 Å². The molecule has 0 aliphatic heterocycles. The molecule has 1 aliphatic rings. The maximum Gasteiger partial charge on any atom is 0.205 e. The van der Waals surface area contributed by atoms with Crippen molar-refractivity contribution in [2.24, 2.45) is 11.8 Å². The van der Waals surface area contributed by atoms with Gasteiger partial charge in [-0.3, -0.25) is 14.4 Å². The number of rotatable bonds is 6. The Morgan fingerprint density at radius 3 is 1.87 bits per heavy atom. The molecule has 4 heteroatoms. The van der Waals surface area contributed by atoms with Crippen LogP contribution in [0.2, 0.25) is 0 Å². The highest BCUT2D eigenvalue weighted by Gasteiger charge is 2.39. The molecule has 0 amide bonds. The van der Waals surface area contributed by atoms with Crippen LogP contribution in [0.15, 0.2) is 91.0 Å². The first-order valence-electron chi connectivity index (χ1n) is 11.2. The number of carbonyl (C=O) groups is 1. The molecule has 0 saturated heterocycles. The molecule has 0 radical (unpaired) electrons. The molecule has 0 spiro atoms. The van der Waals surface area contributed by atoms with Crippen molar-refractivity contribution in [3.63, 3.8) is 0 Å². The van der Waals surface area contributed by atoms with Gasteiger partial charge in [0.05, 0.1) is 0 Å². The minimum absolute atomic E-state index is 0.203. The lowest BCUT2D eigenvalue weighted by Gasteiger charge is -2.34. The molecular formula is C27H30NO2P. The van der Waals surface area contributed by atoms with Crippen LogP contribution in [0.25, 0.3) is 0 Å². The average molecular weight is 432 g/mol. The van der Waals surface area contributed by atoms with E-state index in [1.54, 1.807) is 0 Å². The van der Waals surface area contributed by atoms with Gasteiger partial charge in [0, 0.05) is 29.0 Å². The summed E-state index contributed by atoms with van der Waals surface area (Å²) in [6.07, 6.45) is 3.62. The summed E-state index contributed by atoms with van der Waals surface area (Å²) < 4.78 is 14.7. The van der Waals surface area contributed by atoms with Crippen LogP contribution < -0.4 is 15.7 Å². The third kappa shape index (κ3) is 4.74. The monoisotopic (exact) mass is 431 g/mol. The standard InChI is InChI=1S/C27H30NO2P/c1-21-13-11-12-20-25(29)26(21)27(22-14-5-2-6-15-22)28-31(30,23-16-7-3-8-17-23)24-18-9-4-10-19-24/h2-10,14-19,21,26-27H,11-13,20H2,1H3,(H,28,30)/t21-,26+,27+/m1/s1. The Morgan fingerprint density at radius 2 is 1.32 bits per heavy atom. The fourth-order valence-electron chi connectivity index (χ4n) is 4.74. The molecule has 0 aromatic heterocycles. The van der Waals surface area contributed by atoms with Crippen molar-refractivity contribution < 1.29 is 9.36 Å². The van der Waals surface area contributed by atoms with Gasteiger partial charge in [-0.2, -0.15) is 0 Å². The van der Waals surface area contributed by atoms with Crippen LogP contribution >= 0.6 is 7.29 Å². The van der Waals surface area contributed by atoms with E-state index in [2.05, 4.69) is 12.0 Å². The zero-order valence-corrected chi connectivity index (χ0v) is 18.9. The van der Waals surface area contributed by atoms with Crippen molar-refractivity contribution in [2.75, 3.05) is 0 Å². The predicted octanol–water partition coefficient (Wildman–Crippen LogP) is 5.64. The van der Waals surface area contributed by atoms with E-state index in [1.807, 2.05) is 91.0 Å². The summed E-state index contributed by atoms with van der Waals surface area (Å²) in [5, 5.41) is 5.09. The number of hydrogen-bond acceptors (Lipinski definition) is 2. The van der Waals surface area contributed by atoms with E-state index in [1.165, 1.54) is 0 Å². The summed E-state index contributed by atoms with van der Waals surface area (Å²) in [6.45, 7) is 2.17. The van der Waals surface area contributed by atoms with Crippen molar-refractivity contribution in [3.05, 3.63) is 96.6 Å². The molecular weight excluding hydrogens is 401 g/mol. The van der Waals surface area contributed by atoms with Gasteiger partial charge in [-0.15, -0.1) is 0 Å². The molecule has 1 saturated carbocycles. The van der Waals surface area contributed by atoms with Gasteiger partial charge in [-0.1, -0.05) is 80.1 Å². The molecule has 1 fully saturated rings. The fraction of sp³-hybridized carbons (Fsp3) is 0.296. The highest BCUT2D eigenvalue weighted by atomic mass is 31.2. The van der Waals surface area contributed by atoms with Crippen molar-refractivity contribution in [1.29, 1.82) is 0 Å². The van der Waals surface area contributed by atoms with Crippen molar-refractivity contribution >= 4 is 23.7 Å². The minimum Gasteiger partial charge on any atom is -0.299 e. The van der Waals surface area contributed by atoms with Gasteiger partial charge in [0.2, 0.25) is 7.29 Å². The second-order valence-corrected chi connectivity index (χ2v) is 11.0. The van der Waals surface area contributed by atoms with Crippen molar-refractivity contribution in [3.8, 4) is 0 Å². The Kier molecular flexibility index (Phi) is 6.85. The van der Waals surface area contributed by atoms with E-state index >= 15 is 0 Å². The van der Waals surface area contributed by atoms with E-state index in [0.29, 0.717) is 6.42 Å². The molecule has 0 heterocycles. The average Bonchev–Trinajstić information content (AvgIpc) is 2.99. The summed E-state index contributed by atoms with van der Waals surface area (Å²) >= 11 is 0. The van der Waals surface area contributed by atoms with E-state index in [4.69, 9.17) is 0 Å². The van der Waals surface area contributed by atoms with Gasteiger partial charge in [0.1, 0.15) is 5.78 Å². The highest BCUT2D eigenvalue weighted by molar-refractivity contribution is 7.76. The Labute approximate surface area is 185 Å². The van der Waals surface area contributed by atoms with E-state index in [-0.39, 0.29) is 23.7 Å². The Hall–Kier alpha value is -2.48. The molecule has 3 aromatic carbocycles. The largest absolute Gasteiger partial charge is 0.299 e. The second kappa shape index (κ2) is 9.77. The van der Waals surface area contributed by atoms with Gasteiger partial charge in [-0.05, 0) is 48.6 Å². The highest BCUT2D eigenvalue weighted by Crippen LogP contribution is 2.46. The molecule has 1 N–H and O–H groups in total. The van der Waals surface area contributed by atoms with Crippen LogP contribution in [0.4, 0.5) is 0 Å². The van der Waals surface area contributed by atoms with Gasteiger partial charge in [0.15, 0.2) is 0 Å². The van der Waals surface area contributed by atoms with Gasteiger partial charge in [-0.25, -0.2) is 0 Å². The summed E-state index contributed by atoms with van der Waals surface area (Å²) in [6, 6.07) is 29.0. The van der Waals surface area contributed by atoms with E-state index in [9.17, 15) is 9.36 Å². The quantitative estimate of drug-likeness (QED) is 0.406. The van der Waals surface area contributed by atoms with Crippen LogP contribution in [0.1, 0.15) is 44.2 Å². The third-order valence-electron chi connectivity index (χ3n) is 6.40. The zero-order chi connectivity index (χ0) is 21.7. The molecule has 3 nitrogen and oxygen atoms in total. The molecule has 3 aromatic rings. The number of Topliss-reactive ketones (excluding diaryl/α,β-unsaturated/α-hetero) is 1. The molecule has 1 aliphatic carbocycles. The summed E-state index contributed by atoms with van der Waals surface area (Å²) in [5.74, 6) is 0.303. The predicted molar refractivity (Wildman–Crippen MR) is 128 cm³/mol. The Balaban J connectivity index is 1.84. The number of carbonyl (C=O) groups excluding carboxylic acids is 1. The number of hydrogen-bond donors (Lipinski definition) is 1. The van der Waals surface area contributed by atoms with Gasteiger partial charge in [0.25, 0.3) is 0 Å². The summed E-state index contributed by atoms with van der Waals surface area (Å²) in [7, 11) is -3.18. The maximum atomic E-state index is 14.7. The lowest BCUT2D eigenvalue weighted by molar-refractivity contribution is -0.124. The van der Waals surface area contributed by atoms with Crippen LogP contribution in [0.5, 0.6) is 0 Å². The van der Waals surface area contributed by atoms with Crippen LogP contribution in [0, 0.1) is 11.8 Å². The first-order chi connectivity index (χ1) is 15.1. The fourth-order valence-corrected chi connectivity index (χ4v) is 7.22. The van der Waals surface area contributed by atoms with Gasteiger partial charge < -0.3 is 0 Å². The Morgan fingerprint density at radius 1 is 0.806 bits per heavy atom. The smallest absolute Gasteiger partial charge is 0.205 e. The molecule has 4 rings (SSSR count). The minimum atomic E-state index is -3.18. The Bertz CT molecular complexity index is 993. The molecule has 0 bridgehead atoms. The van der Waals surface area contributed by atoms with E-state index < -0.39 is 7.29 Å². The number of ketones is 1. The second-order valence-electron chi connectivity index (χ2n) is 8.51. The molecule has 3 atom stereocenters. The zero-order valence-electron chi connectivity index (χ0n) is 18.0. The van der Waals surface area contributed by atoms with Crippen LogP contribution in [0.3, 0.4) is 0 Å². The number of nitrogens with one attached hydrogen (secondary N) is 1. The van der Waals surface area contributed by atoms with Crippen molar-refractivity contribution in [1.82, 2.24) is 5.09 Å². The van der Waals surface area contributed by atoms with Crippen molar-refractivity contribution in [2.45, 2.75) is 38.6 Å². The normalized spacial score (nSPS) is 20.7. The summed E-state index contributed by atoms with van der Waals surface area (Å²) in [5.41, 5.74) is 1.02. The summed E-state index contributed by atoms with van der Waals surface area (Å²) in [4.78, 5) is 13.3.